The number of hydrogen-bond acceptors (Lipinski definition) is 5. The van der Waals surface area contributed by atoms with Crippen molar-refractivity contribution in [3.8, 4) is 0 Å². The summed E-state index contributed by atoms with van der Waals surface area (Å²) >= 11 is 0. The lowest BCUT2D eigenvalue weighted by Crippen LogP contribution is -2.37. The first kappa shape index (κ1) is 14.2. The Balaban J connectivity index is 1.92. The first-order valence-electron chi connectivity index (χ1n) is 7.04. The number of nitrogens with one attached hydrogen (secondary N) is 1. The second-order valence-corrected chi connectivity index (χ2v) is 5.59. The highest BCUT2D eigenvalue weighted by Crippen LogP contribution is 2.21. The maximum Gasteiger partial charge on any atom is 0.147 e. The fraction of sp³-hybridized carbons (Fsp3) is 0.714. The highest BCUT2D eigenvalue weighted by atomic mass is 15.2. The molecule has 5 nitrogen and oxygen atoms in total. The van der Waals surface area contributed by atoms with Gasteiger partial charge in [-0.05, 0) is 39.9 Å². The van der Waals surface area contributed by atoms with E-state index in [1.165, 1.54) is 19.4 Å². The zero-order valence-corrected chi connectivity index (χ0v) is 12.3. The molecule has 0 radical (unpaired) electrons. The van der Waals surface area contributed by atoms with Crippen molar-refractivity contribution in [1.82, 2.24) is 20.2 Å². The van der Waals surface area contributed by atoms with E-state index in [-0.39, 0.29) is 0 Å². The molecule has 1 N–H and O–H groups in total. The van der Waals surface area contributed by atoms with E-state index in [0.717, 1.165) is 37.1 Å². The lowest BCUT2D eigenvalue weighted by molar-refractivity contribution is 0.284. The standard InChI is InChI=1S/C14H25N5/c1-15-8-13-9-16-10-14(17-13)19-6-4-12(5-7-19)11-18(2)3/h9-10,12,15H,4-8,11H2,1-3H3. The predicted octanol–water partition coefficient (Wildman–Crippen LogP) is 0.974. The lowest BCUT2D eigenvalue weighted by atomic mass is 9.96. The summed E-state index contributed by atoms with van der Waals surface area (Å²) in [5.41, 5.74) is 1.01. The molecule has 0 amide bonds. The highest BCUT2D eigenvalue weighted by Gasteiger charge is 2.20. The molecule has 1 aromatic heterocycles. The number of hydrogen-bond donors (Lipinski definition) is 1. The number of piperidine rings is 1. The molecular weight excluding hydrogens is 238 g/mol. The van der Waals surface area contributed by atoms with Gasteiger partial charge in [0.2, 0.25) is 0 Å². The first-order chi connectivity index (χ1) is 9.19. The van der Waals surface area contributed by atoms with Crippen molar-refractivity contribution >= 4 is 5.82 Å². The van der Waals surface area contributed by atoms with Crippen LogP contribution in [-0.2, 0) is 6.54 Å². The molecule has 19 heavy (non-hydrogen) atoms. The van der Waals surface area contributed by atoms with Gasteiger partial charge in [0.1, 0.15) is 5.82 Å². The van der Waals surface area contributed by atoms with Crippen LogP contribution in [0.4, 0.5) is 5.82 Å². The van der Waals surface area contributed by atoms with Crippen LogP contribution in [0.2, 0.25) is 0 Å². The van der Waals surface area contributed by atoms with Gasteiger partial charge in [-0.15, -0.1) is 0 Å². The third-order valence-electron chi connectivity index (χ3n) is 3.59. The highest BCUT2D eigenvalue weighted by molar-refractivity contribution is 5.36. The van der Waals surface area contributed by atoms with Crippen molar-refractivity contribution in [3.05, 3.63) is 18.1 Å². The van der Waals surface area contributed by atoms with Gasteiger partial charge in [0.25, 0.3) is 0 Å². The van der Waals surface area contributed by atoms with Gasteiger partial charge in [0.15, 0.2) is 0 Å². The SMILES string of the molecule is CNCc1cncc(N2CCC(CN(C)C)CC2)n1. The monoisotopic (exact) mass is 263 g/mol. The zero-order valence-electron chi connectivity index (χ0n) is 12.3. The van der Waals surface area contributed by atoms with Gasteiger partial charge in [-0.1, -0.05) is 0 Å². The fourth-order valence-corrected chi connectivity index (χ4v) is 2.67. The average molecular weight is 263 g/mol. The van der Waals surface area contributed by atoms with Crippen molar-refractivity contribution in [2.45, 2.75) is 19.4 Å². The number of aromatic nitrogens is 2. The summed E-state index contributed by atoms with van der Waals surface area (Å²) in [5, 5.41) is 3.12. The van der Waals surface area contributed by atoms with E-state index in [2.05, 4.69) is 39.2 Å². The Bertz CT molecular complexity index is 385. The summed E-state index contributed by atoms with van der Waals surface area (Å²) in [5.74, 6) is 1.84. The zero-order chi connectivity index (χ0) is 13.7. The van der Waals surface area contributed by atoms with Crippen molar-refractivity contribution in [1.29, 1.82) is 0 Å². The molecular formula is C14H25N5. The molecule has 1 aliphatic heterocycles. The molecule has 2 rings (SSSR count). The molecule has 0 aliphatic carbocycles. The summed E-state index contributed by atoms with van der Waals surface area (Å²) in [7, 11) is 6.24. The topological polar surface area (TPSA) is 44.3 Å². The summed E-state index contributed by atoms with van der Waals surface area (Å²) in [6, 6.07) is 0. The minimum atomic E-state index is 0.776. The second kappa shape index (κ2) is 6.82. The van der Waals surface area contributed by atoms with E-state index in [4.69, 9.17) is 0 Å². The summed E-state index contributed by atoms with van der Waals surface area (Å²) < 4.78 is 0. The predicted molar refractivity (Wildman–Crippen MR) is 78.3 cm³/mol. The van der Waals surface area contributed by atoms with Crippen LogP contribution in [0.5, 0.6) is 0 Å². The Morgan fingerprint density at radius 3 is 2.68 bits per heavy atom. The molecule has 2 heterocycles. The third kappa shape index (κ3) is 4.14. The second-order valence-electron chi connectivity index (χ2n) is 5.59. The Morgan fingerprint density at radius 2 is 2.05 bits per heavy atom. The molecule has 1 aromatic rings. The summed E-state index contributed by atoms with van der Waals surface area (Å²) in [4.78, 5) is 13.6. The quantitative estimate of drug-likeness (QED) is 0.858. The van der Waals surface area contributed by atoms with Gasteiger partial charge in [-0.2, -0.15) is 0 Å². The minimum Gasteiger partial charge on any atom is -0.355 e. The Labute approximate surface area is 116 Å². The van der Waals surface area contributed by atoms with E-state index in [9.17, 15) is 0 Å². The van der Waals surface area contributed by atoms with Gasteiger partial charge < -0.3 is 15.1 Å². The van der Waals surface area contributed by atoms with Crippen molar-refractivity contribution < 1.29 is 0 Å². The van der Waals surface area contributed by atoms with Crippen LogP contribution in [0.15, 0.2) is 12.4 Å². The fourth-order valence-electron chi connectivity index (χ4n) is 2.67. The molecule has 1 saturated heterocycles. The van der Waals surface area contributed by atoms with Gasteiger partial charge in [-0.25, -0.2) is 4.98 Å². The Kier molecular flexibility index (Phi) is 5.10. The van der Waals surface area contributed by atoms with Gasteiger partial charge in [0.05, 0.1) is 11.9 Å². The maximum absolute atomic E-state index is 4.66. The molecule has 0 spiro atoms. The van der Waals surface area contributed by atoms with E-state index >= 15 is 0 Å². The van der Waals surface area contributed by atoms with E-state index in [0.29, 0.717) is 0 Å². The van der Waals surface area contributed by atoms with Gasteiger partial charge >= 0.3 is 0 Å². The van der Waals surface area contributed by atoms with Crippen LogP contribution in [0.3, 0.4) is 0 Å². The van der Waals surface area contributed by atoms with Crippen LogP contribution in [0, 0.1) is 5.92 Å². The smallest absolute Gasteiger partial charge is 0.147 e. The number of anilines is 1. The van der Waals surface area contributed by atoms with Crippen LogP contribution in [0.1, 0.15) is 18.5 Å². The summed E-state index contributed by atoms with van der Waals surface area (Å²) in [6.07, 6.45) is 6.20. The van der Waals surface area contributed by atoms with Crippen LogP contribution >= 0.6 is 0 Å². The molecule has 0 atom stereocenters. The Morgan fingerprint density at radius 1 is 1.32 bits per heavy atom. The van der Waals surface area contributed by atoms with Crippen molar-refractivity contribution in [2.75, 3.05) is 45.7 Å². The van der Waals surface area contributed by atoms with Crippen LogP contribution in [-0.4, -0.2) is 55.6 Å². The molecule has 106 valence electrons. The first-order valence-corrected chi connectivity index (χ1v) is 7.04. The van der Waals surface area contributed by atoms with Crippen molar-refractivity contribution in [2.24, 2.45) is 5.92 Å². The molecule has 0 unspecified atom stereocenters. The molecule has 1 fully saturated rings. The summed E-state index contributed by atoms with van der Waals surface area (Å²) in [6.45, 7) is 4.16. The average Bonchev–Trinajstić information content (AvgIpc) is 2.40. The van der Waals surface area contributed by atoms with E-state index in [1.807, 2.05) is 19.4 Å². The molecule has 0 saturated carbocycles. The Hall–Kier alpha value is -1.20. The van der Waals surface area contributed by atoms with Crippen LogP contribution in [0.25, 0.3) is 0 Å². The van der Waals surface area contributed by atoms with Gasteiger partial charge in [-0.3, -0.25) is 4.98 Å². The largest absolute Gasteiger partial charge is 0.355 e. The lowest BCUT2D eigenvalue weighted by Gasteiger charge is -2.33. The molecule has 5 heteroatoms. The third-order valence-corrected chi connectivity index (χ3v) is 3.59. The number of nitrogens with zero attached hydrogens (tertiary/aromatic N) is 4. The van der Waals surface area contributed by atoms with E-state index < -0.39 is 0 Å². The minimum absolute atomic E-state index is 0.776. The van der Waals surface area contributed by atoms with Crippen molar-refractivity contribution in [3.63, 3.8) is 0 Å². The molecule has 0 bridgehead atoms. The molecule has 0 aromatic carbocycles. The molecule has 1 aliphatic rings. The number of rotatable bonds is 5. The van der Waals surface area contributed by atoms with Crippen LogP contribution < -0.4 is 10.2 Å². The normalized spacial score (nSPS) is 17.2. The van der Waals surface area contributed by atoms with Gasteiger partial charge in [0, 0.05) is 32.4 Å². The maximum atomic E-state index is 4.66. The van der Waals surface area contributed by atoms with E-state index in [1.54, 1.807) is 0 Å².